The SMILES string of the molecule is Cc1c2cc[n+]([C@H]3O[C@H](CO)[C@@H](O)[C@@H]3O)cc2c(C)c2c1[nH]c1ccc(O)cc12.[Br-]. The Bertz CT molecular complexity index is 1270. The number of phenolic OH excluding ortho intramolecular Hbond substituents is 1. The van der Waals surface area contributed by atoms with Gasteiger partial charge in [0.1, 0.15) is 18.0 Å². The molecule has 1 aliphatic rings. The molecule has 8 heteroatoms. The van der Waals surface area contributed by atoms with Gasteiger partial charge in [0.2, 0.25) is 0 Å². The number of pyridine rings is 1. The van der Waals surface area contributed by atoms with Crippen molar-refractivity contribution >= 4 is 32.6 Å². The first-order chi connectivity index (χ1) is 13.9. The zero-order valence-electron chi connectivity index (χ0n) is 16.5. The van der Waals surface area contributed by atoms with Crippen molar-refractivity contribution in [3.05, 3.63) is 47.8 Å². The molecule has 1 aliphatic heterocycles. The molecule has 5 N–H and O–H groups in total. The molecule has 5 rings (SSSR count). The van der Waals surface area contributed by atoms with E-state index in [0.717, 1.165) is 43.7 Å². The molecule has 158 valence electrons. The van der Waals surface area contributed by atoms with Crippen LogP contribution in [0.2, 0.25) is 0 Å². The van der Waals surface area contributed by atoms with Crippen molar-refractivity contribution in [2.24, 2.45) is 0 Å². The van der Waals surface area contributed by atoms with E-state index in [1.54, 1.807) is 16.7 Å². The van der Waals surface area contributed by atoms with Gasteiger partial charge in [0.05, 0.1) is 12.1 Å². The molecule has 4 atom stereocenters. The number of aromatic hydroxyl groups is 1. The minimum atomic E-state index is -1.14. The second kappa shape index (κ2) is 7.47. The number of aromatic nitrogens is 2. The maximum atomic E-state index is 10.4. The molecule has 1 fully saturated rings. The van der Waals surface area contributed by atoms with Gasteiger partial charge in [0, 0.05) is 27.7 Å². The number of H-pyrrole nitrogens is 1. The van der Waals surface area contributed by atoms with Crippen LogP contribution in [0.4, 0.5) is 0 Å². The smallest absolute Gasteiger partial charge is 0.292 e. The number of aliphatic hydroxyl groups is 3. The van der Waals surface area contributed by atoms with E-state index in [1.165, 1.54) is 0 Å². The lowest BCUT2D eigenvalue weighted by Crippen LogP contribution is -3.00. The van der Waals surface area contributed by atoms with Crippen molar-refractivity contribution in [3.63, 3.8) is 0 Å². The molecule has 0 bridgehead atoms. The molecule has 0 unspecified atom stereocenters. The number of fused-ring (bicyclic) bond motifs is 4. The highest BCUT2D eigenvalue weighted by atomic mass is 79.9. The predicted molar refractivity (Wildman–Crippen MR) is 108 cm³/mol. The van der Waals surface area contributed by atoms with Crippen LogP contribution in [0, 0.1) is 13.8 Å². The van der Waals surface area contributed by atoms with E-state index < -0.39 is 24.5 Å². The van der Waals surface area contributed by atoms with Crippen molar-refractivity contribution in [1.29, 1.82) is 0 Å². The van der Waals surface area contributed by atoms with Crippen molar-refractivity contribution in [1.82, 2.24) is 4.98 Å². The van der Waals surface area contributed by atoms with Crippen molar-refractivity contribution in [2.75, 3.05) is 6.61 Å². The zero-order chi connectivity index (χ0) is 20.4. The van der Waals surface area contributed by atoms with Crippen molar-refractivity contribution in [3.8, 4) is 5.75 Å². The number of aliphatic hydroxyl groups excluding tert-OH is 3. The Balaban J connectivity index is 0.00000218. The first-order valence-electron chi connectivity index (χ1n) is 9.61. The van der Waals surface area contributed by atoms with Gasteiger partial charge >= 0.3 is 0 Å². The fraction of sp³-hybridized carbons (Fsp3) is 0.318. The largest absolute Gasteiger partial charge is 1.00 e. The summed E-state index contributed by atoms with van der Waals surface area (Å²) >= 11 is 0. The number of ether oxygens (including phenoxy) is 1. The third-order valence-corrected chi connectivity index (χ3v) is 6.13. The van der Waals surface area contributed by atoms with Crippen LogP contribution < -0.4 is 21.5 Å². The number of aryl methyl sites for hydroxylation is 2. The Labute approximate surface area is 182 Å². The summed E-state index contributed by atoms with van der Waals surface area (Å²) in [6.07, 6.45) is -0.164. The Morgan fingerprint density at radius 3 is 2.50 bits per heavy atom. The predicted octanol–water partition coefficient (Wildman–Crippen LogP) is -1.30. The highest BCUT2D eigenvalue weighted by molar-refractivity contribution is 6.16. The number of phenols is 1. The summed E-state index contributed by atoms with van der Waals surface area (Å²) in [6, 6.07) is 7.26. The monoisotopic (exact) mass is 474 g/mol. The summed E-state index contributed by atoms with van der Waals surface area (Å²) in [5.74, 6) is 0.213. The summed E-state index contributed by atoms with van der Waals surface area (Å²) in [7, 11) is 0. The fourth-order valence-corrected chi connectivity index (χ4v) is 4.54. The van der Waals surface area contributed by atoms with Crippen LogP contribution in [-0.4, -0.2) is 50.3 Å². The number of hydrogen-bond donors (Lipinski definition) is 5. The quantitative estimate of drug-likeness (QED) is 0.232. The molecule has 7 nitrogen and oxygen atoms in total. The lowest BCUT2D eigenvalue weighted by molar-refractivity contribution is -0.764. The van der Waals surface area contributed by atoms with Crippen LogP contribution in [0.3, 0.4) is 0 Å². The van der Waals surface area contributed by atoms with Gasteiger partial charge in [-0.2, -0.15) is 4.57 Å². The maximum absolute atomic E-state index is 10.4. The molecule has 3 heterocycles. The third kappa shape index (κ3) is 2.91. The highest BCUT2D eigenvalue weighted by Gasteiger charge is 2.48. The first kappa shape index (κ1) is 21.0. The van der Waals surface area contributed by atoms with Gasteiger partial charge in [-0.1, -0.05) is 0 Å². The lowest BCUT2D eigenvalue weighted by Gasteiger charge is -2.12. The number of aromatic amines is 1. The molecule has 0 saturated carbocycles. The van der Waals surface area contributed by atoms with E-state index in [9.17, 15) is 20.4 Å². The standard InChI is InChI=1S/C22H22N2O5.BrH/c1-10-15-8-24(22-21(28)20(27)17(9-25)29-22)6-5-13(15)11(2)19-18(10)14-7-12(26)3-4-16(14)23-19;/h3-8,17,20-22,25-28H,9H2,1-2H3;1H/t17-,20-,21+,22+;/m1./s1. The summed E-state index contributed by atoms with van der Waals surface area (Å²) in [4.78, 5) is 3.46. The molecule has 0 amide bonds. The van der Waals surface area contributed by atoms with Gasteiger partial charge in [-0.25, -0.2) is 0 Å². The molecular formula is C22H23BrN2O5. The first-order valence-corrected chi connectivity index (χ1v) is 9.61. The van der Waals surface area contributed by atoms with Crippen LogP contribution >= 0.6 is 0 Å². The van der Waals surface area contributed by atoms with E-state index in [2.05, 4.69) is 11.9 Å². The van der Waals surface area contributed by atoms with Gasteiger partial charge in [-0.15, -0.1) is 0 Å². The Morgan fingerprint density at radius 1 is 1.03 bits per heavy atom. The molecule has 4 aromatic rings. The van der Waals surface area contributed by atoms with E-state index >= 15 is 0 Å². The van der Waals surface area contributed by atoms with Crippen molar-refractivity contribution < 1.29 is 46.7 Å². The molecular weight excluding hydrogens is 452 g/mol. The Morgan fingerprint density at radius 2 is 1.80 bits per heavy atom. The summed E-state index contributed by atoms with van der Waals surface area (Å²) in [6.45, 7) is 3.72. The van der Waals surface area contributed by atoms with Crippen LogP contribution in [0.25, 0.3) is 32.6 Å². The Kier molecular flexibility index (Phi) is 5.24. The highest BCUT2D eigenvalue weighted by Crippen LogP contribution is 2.37. The van der Waals surface area contributed by atoms with E-state index in [-0.39, 0.29) is 29.3 Å². The second-order valence-electron chi connectivity index (χ2n) is 7.80. The van der Waals surface area contributed by atoms with E-state index in [0.29, 0.717) is 0 Å². The van der Waals surface area contributed by atoms with Crippen LogP contribution in [0.5, 0.6) is 5.75 Å². The average Bonchev–Trinajstić information content (AvgIpc) is 3.24. The molecule has 1 saturated heterocycles. The summed E-state index contributed by atoms with van der Waals surface area (Å²) in [5, 5.41) is 43.8. The van der Waals surface area contributed by atoms with E-state index in [1.807, 2.05) is 31.5 Å². The van der Waals surface area contributed by atoms with Gasteiger partial charge in [0.15, 0.2) is 18.5 Å². The zero-order valence-corrected chi connectivity index (χ0v) is 18.1. The van der Waals surface area contributed by atoms with Gasteiger partial charge < -0.3 is 47.1 Å². The van der Waals surface area contributed by atoms with E-state index in [4.69, 9.17) is 4.74 Å². The molecule has 2 aromatic heterocycles. The average molecular weight is 475 g/mol. The number of benzene rings is 2. The minimum absolute atomic E-state index is 0. The second-order valence-corrected chi connectivity index (χ2v) is 7.80. The molecule has 2 aromatic carbocycles. The van der Waals surface area contributed by atoms with Gasteiger partial charge in [-0.3, -0.25) is 0 Å². The molecule has 0 aliphatic carbocycles. The summed E-state index contributed by atoms with van der Waals surface area (Å²) < 4.78 is 7.40. The number of hydrogen-bond acceptors (Lipinski definition) is 5. The van der Waals surface area contributed by atoms with Gasteiger partial charge in [-0.05, 0) is 48.6 Å². The number of nitrogens with zero attached hydrogens (tertiary/aromatic N) is 1. The minimum Gasteiger partial charge on any atom is -1.00 e. The molecule has 30 heavy (non-hydrogen) atoms. The molecule has 0 spiro atoms. The number of rotatable bonds is 2. The maximum Gasteiger partial charge on any atom is 0.292 e. The fourth-order valence-electron chi connectivity index (χ4n) is 4.54. The lowest BCUT2D eigenvalue weighted by atomic mass is 9.97. The normalized spacial score (nSPS) is 24.0. The number of nitrogens with one attached hydrogen (secondary N) is 1. The molecule has 0 radical (unpaired) electrons. The van der Waals surface area contributed by atoms with Crippen LogP contribution in [0.1, 0.15) is 17.4 Å². The Hall–Kier alpha value is -2.23. The number of halogens is 1. The van der Waals surface area contributed by atoms with Crippen LogP contribution in [0.15, 0.2) is 36.7 Å². The van der Waals surface area contributed by atoms with Gasteiger partial charge in [0.25, 0.3) is 6.23 Å². The van der Waals surface area contributed by atoms with Crippen molar-refractivity contribution in [2.45, 2.75) is 38.4 Å². The van der Waals surface area contributed by atoms with Crippen LogP contribution in [-0.2, 0) is 4.74 Å². The summed E-state index contributed by atoms with van der Waals surface area (Å²) in [5.41, 5.74) is 4.11. The topological polar surface area (TPSA) is 110 Å². The third-order valence-electron chi connectivity index (χ3n) is 6.13.